The monoisotopic (exact) mass is 307 g/mol. The summed E-state index contributed by atoms with van der Waals surface area (Å²) in [7, 11) is 1.32. The smallest absolute Gasteiger partial charge is 0.336 e. The lowest BCUT2D eigenvalue weighted by Crippen LogP contribution is -2.48. The highest BCUT2D eigenvalue weighted by Gasteiger charge is 2.29. The minimum atomic E-state index is -0.631. The molecule has 5 nitrogen and oxygen atoms in total. The summed E-state index contributed by atoms with van der Waals surface area (Å²) in [6, 6.07) is 0. The van der Waals surface area contributed by atoms with Crippen LogP contribution in [0.4, 0.5) is 0 Å². The van der Waals surface area contributed by atoms with E-state index < -0.39 is 12.1 Å². The molecule has 1 rings (SSSR count). The molecule has 0 aliphatic carbocycles. The van der Waals surface area contributed by atoms with Gasteiger partial charge in [0.25, 0.3) is 0 Å². The standard InChI is InChI=1S/C11H18BrNO4/c1-16-11(15)9-8-13(6-7-17-9)10(14)4-2-3-5-12/h9H,2-8H2,1H3. The van der Waals surface area contributed by atoms with E-state index in [1.54, 1.807) is 4.90 Å². The number of hydrogen-bond donors (Lipinski definition) is 0. The van der Waals surface area contributed by atoms with E-state index in [1.165, 1.54) is 7.11 Å². The topological polar surface area (TPSA) is 55.8 Å². The molecule has 1 saturated heterocycles. The molecule has 1 aliphatic rings. The first-order chi connectivity index (χ1) is 8.19. The van der Waals surface area contributed by atoms with Gasteiger partial charge in [0.05, 0.1) is 20.3 Å². The molecule has 0 spiro atoms. The average Bonchev–Trinajstić information content (AvgIpc) is 2.38. The van der Waals surface area contributed by atoms with Gasteiger partial charge in [0.1, 0.15) is 0 Å². The van der Waals surface area contributed by atoms with Gasteiger partial charge >= 0.3 is 5.97 Å². The third-order valence-corrected chi connectivity index (χ3v) is 3.22. The molecule has 98 valence electrons. The van der Waals surface area contributed by atoms with Crippen LogP contribution in [0.25, 0.3) is 0 Å². The lowest BCUT2D eigenvalue weighted by Gasteiger charge is -2.31. The average molecular weight is 308 g/mol. The zero-order valence-electron chi connectivity index (χ0n) is 9.99. The van der Waals surface area contributed by atoms with Crippen molar-refractivity contribution in [3.05, 3.63) is 0 Å². The molecule has 0 aromatic rings. The molecule has 0 radical (unpaired) electrons. The zero-order chi connectivity index (χ0) is 12.7. The molecular weight excluding hydrogens is 290 g/mol. The molecule has 1 aliphatic heterocycles. The first-order valence-electron chi connectivity index (χ1n) is 5.72. The molecule has 0 N–H and O–H groups in total. The fraction of sp³-hybridized carbons (Fsp3) is 0.818. The maximum absolute atomic E-state index is 11.8. The Bertz CT molecular complexity index is 272. The Morgan fingerprint density at radius 2 is 2.24 bits per heavy atom. The van der Waals surface area contributed by atoms with Crippen molar-refractivity contribution in [1.29, 1.82) is 0 Å². The normalized spacial score (nSPS) is 20.1. The Labute approximate surface area is 110 Å². The number of amides is 1. The number of esters is 1. The summed E-state index contributed by atoms with van der Waals surface area (Å²) in [4.78, 5) is 24.8. The highest BCUT2D eigenvalue weighted by Crippen LogP contribution is 2.10. The van der Waals surface area contributed by atoms with Crippen LogP contribution in [0.15, 0.2) is 0 Å². The number of methoxy groups -OCH3 is 1. The predicted octanol–water partition coefficient (Wildman–Crippen LogP) is 0.952. The molecular formula is C11H18BrNO4. The van der Waals surface area contributed by atoms with Gasteiger partial charge in [-0.3, -0.25) is 4.79 Å². The Hall–Kier alpha value is -0.620. The van der Waals surface area contributed by atoms with Gasteiger partial charge in [0.15, 0.2) is 6.10 Å². The number of hydrogen-bond acceptors (Lipinski definition) is 4. The largest absolute Gasteiger partial charge is 0.467 e. The van der Waals surface area contributed by atoms with Crippen molar-refractivity contribution in [3.63, 3.8) is 0 Å². The molecule has 1 heterocycles. The third-order valence-electron chi connectivity index (χ3n) is 2.66. The second-order valence-electron chi connectivity index (χ2n) is 3.87. The van der Waals surface area contributed by atoms with Crippen LogP contribution >= 0.6 is 15.9 Å². The van der Waals surface area contributed by atoms with Crippen molar-refractivity contribution in [3.8, 4) is 0 Å². The van der Waals surface area contributed by atoms with E-state index in [0.29, 0.717) is 26.1 Å². The maximum atomic E-state index is 11.8. The number of nitrogens with zero attached hydrogens (tertiary/aromatic N) is 1. The minimum Gasteiger partial charge on any atom is -0.467 e. The Balaban J connectivity index is 2.37. The number of carbonyl (C=O) groups is 2. The molecule has 0 aromatic carbocycles. The van der Waals surface area contributed by atoms with Crippen LogP contribution in [-0.4, -0.2) is 55.0 Å². The van der Waals surface area contributed by atoms with Gasteiger partial charge in [0, 0.05) is 18.3 Å². The lowest BCUT2D eigenvalue weighted by molar-refractivity contribution is -0.162. The highest BCUT2D eigenvalue weighted by molar-refractivity contribution is 9.09. The van der Waals surface area contributed by atoms with Crippen LogP contribution in [0, 0.1) is 0 Å². The van der Waals surface area contributed by atoms with Crippen LogP contribution in [0.2, 0.25) is 0 Å². The van der Waals surface area contributed by atoms with Gasteiger partial charge in [-0.2, -0.15) is 0 Å². The number of ether oxygens (including phenoxy) is 2. The summed E-state index contributed by atoms with van der Waals surface area (Å²) >= 11 is 3.33. The molecule has 1 unspecified atom stereocenters. The Kier molecular flexibility index (Phi) is 6.50. The van der Waals surface area contributed by atoms with E-state index in [4.69, 9.17) is 4.74 Å². The fourth-order valence-corrected chi connectivity index (χ4v) is 2.08. The molecule has 1 fully saturated rings. The number of unbranched alkanes of at least 4 members (excludes halogenated alkanes) is 1. The maximum Gasteiger partial charge on any atom is 0.336 e. The van der Waals surface area contributed by atoms with Gasteiger partial charge in [-0.15, -0.1) is 0 Å². The SMILES string of the molecule is COC(=O)C1CN(C(=O)CCCCBr)CCO1. The first kappa shape index (κ1) is 14.4. The summed E-state index contributed by atoms with van der Waals surface area (Å²) in [5.74, 6) is -0.328. The molecule has 0 bridgehead atoms. The van der Waals surface area contributed by atoms with Crippen LogP contribution < -0.4 is 0 Å². The van der Waals surface area contributed by atoms with Gasteiger partial charge in [-0.05, 0) is 12.8 Å². The van der Waals surface area contributed by atoms with Gasteiger partial charge in [-0.25, -0.2) is 4.79 Å². The summed E-state index contributed by atoms with van der Waals surface area (Å²) in [6.45, 7) is 1.25. The Morgan fingerprint density at radius 3 is 2.88 bits per heavy atom. The van der Waals surface area contributed by atoms with Crippen LogP contribution in [0.5, 0.6) is 0 Å². The molecule has 1 amide bonds. The van der Waals surface area contributed by atoms with Crippen molar-refractivity contribution in [1.82, 2.24) is 4.90 Å². The van der Waals surface area contributed by atoms with Crippen LogP contribution in [0.1, 0.15) is 19.3 Å². The number of morpholine rings is 1. The van der Waals surface area contributed by atoms with E-state index in [0.717, 1.165) is 18.2 Å². The molecule has 17 heavy (non-hydrogen) atoms. The van der Waals surface area contributed by atoms with Gasteiger partial charge in [-0.1, -0.05) is 15.9 Å². The molecule has 1 atom stereocenters. The lowest BCUT2D eigenvalue weighted by atomic mass is 10.2. The van der Waals surface area contributed by atoms with E-state index in [-0.39, 0.29) is 5.91 Å². The van der Waals surface area contributed by atoms with Gasteiger partial charge < -0.3 is 14.4 Å². The number of rotatable bonds is 5. The third kappa shape index (κ3) is 4.63. The number of carbonyl (C=O) groups excluding carboxylic acids is 2. The number of halogens is 1. The molecule has 0 saturated carbocycles. The fourth-order valence-electron chi connectivity index (χ4n) is 1.68. The molecule has 6 heteroatoms. The van der Waals surface area contributed by atoms with E-state index >= 15 is 0 Å². The predicted molar refractivity (Wildman–Crippen MR) is 66.0 cm³/mol. The van der Waals surface area contributed by atoms with E-state index in [2.05, 4.69) is 20.7 Å². The highest BCUT2D eigenvalue weighted by atomic mass is 79.9. The van der Waals surface area contributed by atoms with Crippen molar-refractivity contribution in [2.75, 3.05) is 32.1 Å². The Morgan fingerprint density at radius 1 is 1.47 bits per heavy atom. The van der Waals surface area contributed by atoms with Crippen molar-refractivity contribution in [2.24, 2.45) is 0 Å². The molecule has 0 aromatic heterocycles. The second-order valence-corrected chi connectivity index (χ2v) is 4.66. The van der Waals surface area contributed by atoms with Crippen molar-refractivity contribution < 1.29 is 19.1 Å². The number of alkyl halides is 1. The van der Waals surface area contributed by atoms with E-state index in [1.807, 2.05) is 0 Å². The van der Waals surface area contributed by atoms with Crippen molar-refractivity contribution >= 4 is 27.8 Å². The quantitative estimate of drug-likeness (QED) is 0.431. The zero-order valence-corrected chi connectivity index (χ0v) is 11.6. The first-order valence-corrected chi connectivity index (χ1v) is 6.84. The van der Waals surface area contributed by atoms with Crippen LogP contribution in [-0.2, 0) is 19.1 Å². The summed E-state index contributed by atoms with van der Waals surface area (Å²) in [5, 5.41) is 0.911. The summed E-state index contributed by atoms with van der Waals surface area (Å²) in [5.41, 5.74) is 0. The second kappa shape index (κ2) is 7.66. The minimum absolute atomic E-state index is 0.0863. The van der Waals surface area contributed by atoms with Gasteiger partial charge in [0.2, 0.25) is 5.91 Å². The van der Waals surface area contributed by atoms with Crippen LogP contribution in [0.3, 0.4) is 0 Å². The van der Waals surface area contributed by atoms with E-state index in [9.17, 15) is 9.59 Å². The van der Waals surface area contributed by atoms with Crippen molar-refractivity contribution in [2.45, 2.75) is 25.4 Å². The summed E-state index contributed by atoms with van der Waals surface area (Å²) in [6.07, 6.45) is 1.74. The summed E-state index contributed by atoms with van der Waals surface area (Å²) < 4.78 is 9.87.